The van der Waals surface area contributed by atoms with E-state index in [9.17, 15) is 0 Å². The van der Waals surface area contributed by atoms with Gasteiger partial charge in [-0.2, -0.15) is 0 Å². The minimum atomic E-state index is 1.10. The molecule has 0 spiro atoms. The Morgan fingerprint density at radius 1 is 0.315 bits per heavy atom. The predicted octanol–water partition coefficient (Wildman–Crippen LogP) is 15.3. The van der Waals surface area contributed by atoms with Crippen molar-refractivity contribution >= 4 is 59.3 Å². The number of hydrogen-bond donors (Lipinski definition) is 0. The normalized spacial score (nSPS) is 11.3. The maximum Gasteiger partial charge on any atom is 0.0540 e. The molecule has 9 aromatic carbocycles. The molecule has 0 atom stereocenters. The lowest BCUT2D eigenvalue weighted by molar-refractivity contribution is 1.28. The average molecular weight is 706 g/mol. The third-order valence-electron chi connectivity index (χ3n) is 10.4. The zero-order valence-corrected chi connectivity index (χ0v) is 30.4. The van der Waals surface area contributed by atoms with Crippen LogP contribution < -0.4 is 4.90 Å². The molecule has 0 bridgehead atoms. The van der Waals surface area contributed by atoms with Crippen LogP contribution in [0.2, 0.25) is 0 Å². The van der Waals surface area contributed by atoms with Gasteiger partial charge < -0.3 is 4.90 Å². The second-order valence-electron chi connectivity index (χ2n) is 13.7. The molecule has 10 aromatic rings. The van der Waals surface area contributed by atoms with Gasteiger partial charge >= 0.3 is 0 Å². The molecule has 1 nitrogen and oxygen atoms in total. The molecule has 0 saturated carbocycles. The fraction of sp³-hybridized carbons (Fsp3) is 0. The van der Waals surface area contributed by atoms with Crippen molar-refractivity contribution in [2.75, 3.05) is 4.90 Å². The molecule has 10 rings (SSSR count). The van der Waals surface area contributed by atoms with Crippen LogP contribution in [0.5, 0.6) is 0 Å². The van der Waals surface area contributed by atoms with Crippen molar-refractivity contribution in [3.05, 3.63) is 212 Å². The summed E-state index contributed by atoms with van der Waals surface area (Å²) in [7, 11) is 0. The number of benzene rings is 9. The van der Waals surface area contributed by atoms with Gasteiger partial charge in [0.25, 0.3) is 0 Å². The highest BCUT2D eigenvalue weighted by Crippen LogP contribution is 2.46. The Labute approximate surface area is 319 Å². The van der Waals surface area contributed by atoms with Gasteiger partial charge in [0.1, 0.15) is 0 Å². The quantitative estimate of drug-likeness (QED) is 0.160. The summed E-state index contributed by atoms with van der Waals surface area (Å²) in [4.78, 5) is 2.39. The Kier molecular flexibility index (Phi) is 8.09. The zero-order valence-electron chi connectivity index (χ0n) is 29.6. The first kappa shape index (κ1) is 32.0. The van der Waals surface area contributed by atoms with Crippen molar-refractivity contribution in [1.29, 1.82) is 0 Å². The SMILES string of the molecule is c1ccc(-c2cccc(-c3ccc(N(c4ccccc4)c4ccc(-c5cccc6c5sc5cc7ccccc7cc56)cc4-c4ccccc4)cc3)c2)cc1. The number of para-hydroxylation sites is 1. The Balaban J connectivity index is 1.11. The zero-order chi connectivity index (χ0) is 35.8. The van der Waals surface area contributed by atoms with Gasteiger partial charge in [-0.25, -0.2) is 0 Å². The Morgan fingerprint density at radius 2 is 0.870 bits per heavy atom. The molecular weight excluding hydrogens is 671 g/mol. The summed E-state index contributed by atoms with van der Waals surface area (Å²) in [6.45, 7) is 0. The topological polar surface area (TPSA) is 3.24 Å². The molecule has 254 valence electrons. The largest absolute Gasteiger partial charge is 0.310 e. The molecule has 0 amide bonds. The van der Waals surface area contributed by atoms with Crippen molar-refractivity contribution < 1.29 is 0 Å². The smallest absolute Gasteiger partial charge is 0.0540 e. The van der Waals surface area contributed by atoms with Gasteiger partial charge in [0, 0.05) is 37.1 Å². The summed E-state index contributed by atoms with van der Waals surface area (Å²) in [5.41, 5.74) is 13.0. The fourth-order valence-electron chi connectivity index (χ4n) is 7.77. The summed E-state index contributed by atoms with van der Waals surface area (Å²) < 4.78 is 2.64. The van der Waals surface area contributed by atoms with E-state index >= 15 is 0 Å². The molecule has 0 radical (unpaired) electrons. The predicted molar refractivity (Wildman–Crippen MR) is 233 cm³/mol. The number of nitrogens with zero attached hydrogens (tertiary/aromatic N) is 1. The van der Waals surface area contributed by atoms with Crippen LogP contribution in [0.3, 0.4) is 0 Å². The molecule has 1 aromatic heterocycles. The van der Waals surface area contributed by atoms with E-state index in [4.69, 9.17) is 0 Å². The lowest BCUT2D eigenvalue weighted by Gasteiger charge is -2.28. The summed E-state index contributed by atoms with van der Waals surface area (Å²) in [6.07, 6.45) is 0. The first-order chi connectivity index (χ1) is 26.8. The first-order valence-corrected chi connectivity index (χ1v) is 19.2. The summed E-state index contributed by atoms with van der Waals surface area (Å²) >= 11 is 1.89. The summed E-state index contributed by atoms with van der Waals surface area (Å²) in [5.74, 6) is 0. The highest BCUT2D eigenvalue weighted by molar-refractivity contribution is 7.26. The maximum atomic E-state index is 2.39. The highest BCUT2D eigenvalue weighted by Gasteiger charge is 2.20. The third-order valence-corrected chi connectivity index (χ3v) is 11.6. The van der Waals surface area contributed by atoms with Crippen molar-refractivity contribution in [3.8, 4) is 44.5 Å². The van der Waals surface area contributed by atoms with Gasteiger partial charge in [0.05, 0.1) is 5.69 Å². The third kappa shape index (κ3) is 5.84. The average Bonchev–Trinajstić information content (AvgIpc) is 3.62. The molecule has 2 heteroatoms. The maximum absolute atomic E-state index is 2.39. The molecule has 0 N–H and O–H groups in total. The Bertz CT molecular complexity index is 2910. The monoisotopic (exact) mass is 705 g/mol. The molecule has 0 fully saturated rings. The van der Waals surface area contributed by atoms with Crippen molar-refractivity contribution in [2.45, 2.75) is 0 Å². The standard InChI is InChI=1S/C52H35NS/c1-4-14-36(15-5-1)39-20-12-21-40(32-39)37-26-29-45(30-27-37)53(44-22-8-3-9-23-44)50-31-28-43(34-48(50)38-16-6-2-7-17-38)46-24-13-25-47-49-33-41-18-10-11-19-42(41)35-51(49)54-52(46)47/h1-35H. The van der Waals surface area contributed by atoms with Crippen LogP contribution in [0, 0.1) is 0 Å². The summed E-state index contributed by atoms with van der Waals surface area (Å²) in [5, 5.41) is 5.19. The van der Waals surface area contributed by atoms with Gasteiger partial charge in [-0.3, -0.25) is 0 Å². The van der Waals surface area contributed by atoms with Gasteiger partial charge in [-0.15, -0.1) is 11.3 Å². The van der Waals surface area contributed by atoms with E-state index in [0.717, 1.165) is 17.1 Å². The van der Waals surface area contributed by atoms with Crippen LogP contribution in [0.1, 0.15) is 0 Å². The number of anilines is 3. The van der Waals surface area contributed by atoms with E-state index in [1.807, 2.05) is 11.3 Å². The van der Waals surface area contributed by atoms with E-state index in [-0.39, 0.29) is 0 Å². The van der Waals surface area contributed by atoms with E-state index in [2.05, 4.69) is 217 Å². The molecule has 0 aliphatic heterocycles. The van der Waals surface area contributed by atoms with Crippen molar-refractivity contribution in [3.63, 3.8) is 0 Å². The van der Waals surface area contributed by atoms with Gasteiger partial charge in [0.2, 0.25) is 0 Å². The number of rotatable bonds is 7. The molecule has 0 aliphatic rings. The highest BCUT2D eigenvalue weighted by atomic mass is 32.1. The van der Waals surface area contributed by atoms with Crippen LogP contribution in [0.4, 0.5) is 17.1 Å². The van der Waals surface area contributed by atoms with E-state index in [1.165, 1.54) is 75.5 Å². The molecule has 54 heavy (non-hydrogen) atoms. The van der Waals surface area contributed by atoms with Crippen LogP contribution in [0.25, 0.3) is 75.5 Å². The van der Waals surface area contributed by atoms with Crippen molar-refractivity contribution in [1.82, 2.24) is 0 Å². The summed E-state index contributed by atoms with van der Waals surface area (Å²) in [6, 6.07) is 77.0. The molecular formula is C52H35NS. The number of fused-ring (bicyclic) bond motifs is 4. The molecule has 0 aliphatic carbocycles. The number of thiophene rings is 1. The van der Waals surface area contributed by atoms with E-state index in [0.29, 0.717) is 0 Å². The fourth-order valence-corrected chi connectivity index (χ4v) is 9.04. The van der Waals surface area contributed by atoms with Crippen LogP contribution in [0.15, 0.2) is 212 Å². The minimum absolute atomic E-state index is 1.10. The lowest BCUT2D eigenvalue weighted by Crippen LogP contribution is -2.11. The van der Waals surface area contributed by atoms with Crippen molar-refractivity contribution in [2.24, 2.45) is 0 Å². The van der Waals surface area contributed by atoms with E-state index in [1.54, 1.807) is 0 Å². The molecule has 1 heterocycles. The van der Waals surface area contributed by atoms with Gasteiger partial charge in [0.15, 0.2) is 0 Å². The Hall–Kier alpha value is -6.74. The number of hydrogen-bond acceptors (Lipinski definition) is 2. The van der Waals surface area contributed by atoms with Gasteiger partial charge in [-0.1, -0.05) is 158 Å². The second kappa shape index (κ2) is 13.7. The lowest BCUT2D eigenvalue weighted by atomic mass is 9.95. The molecule has 0 unspecified atom stereocenters. The van der Waals surface area contributed by atoms with Crippen LogP contribution in [-0.2, 0) is 0 Å². The second-order valence-corrected chi connectivity index (χ2v) is 14.8. The molecule has 0 saturated heterocycles. The van der Waals surface area contributed by atoms with E-state index < -0.39 is 0 Å². The Morgan fingerprint density at radius 3 is 1.59 bits per heavy atom. The minimum Gasteiger partial charge on any atom is -0.310 e. The van der Waals surface area contributed by atoms with Crippen LogP contribution >= 0.6 is 11.3 Å². The van der Waals surface area contributed by atoms with Gasteiger partial charge in [-0.05, 0) is 104 Å². The first-order valence-electron chi connectivity index (χ1n) is 18.4. The van der Waals surface area contributed by atoms with Crippen LogP contribution in [-0.4, -0.2) is 0 Å².